The van der Waals surface area contributed by atoms with Crippen LogP contribution in [0.2, 0.25) is 0 Å². The highest BCUT2D eigenvalue weighted by Gasteiger charge is 2.04. The number of anilines is 2. The Kier molecular flexibility index (Phi) is 2.79. The lowest BCUT2D eigenvalue weighted by Gasteiger charge is -2.10. The molecule has 0 spiro atoms. The van der Waals surface area contributed by atoms with Crippen molar-refractivity contribution in [2.75, 3.05) is 5.32 Å². The van der Waals surface area contributed by atoms with E-state index in [0.717, 1.165) is 22.3 Å². The van der Waals surface area contributed by atoms with E-state index in [0.29, 0.717) is 0 Å². The monoisotopic (exact) mass is 270 g/mol. The molecule has 1 N–H and O–H groups in total. The number of nitrogens with zero attached hydrogens (tertiary/aromatic N) is 1. The van der Waals surface area contributed by atoms with Gasteiger partial charge in [-0.2, -0.15) is 0 Å². The van der Waals surface area contributed by atoms with Crippen LogP contribution in [0.4, 0.5) is 11.4 Å². The van der Waals surface area contributed by atoms with Gasteiger partial charge in [0.15, 0.2) is 0 Å². The maximum atomic E-state index is 4.49. The summed E-state index contributed by atoms with van der Waals surface area (Å²) in [5.74, 6) is 0. The van der Waals surface area contributed by atoms with Crippen molar-refractivity contribution in [2.24, 2.45) is 0 Å². The molecule has 0 atom stereocenters. The Balaban J connectivity index is 1.90. The molecule has 0 aliphatic rings. The molecule has 0 saturated heterocycles. The van der Waals surface area contributed by atoms with Crippen molar-refractivity contribution >= 4 is 33.1 Å². The van der Waals surface area contributed by atoms with Gasteiger partial charge in [-0.05, 0) is 41.1 Å². The van der Waals surface area contributed by atoms with Gasteiger partial charge >= 0.3 is 0 Å². The second-order valence-electron chi connectivity index (χ2n) is 5.07. The Bertz CT molecular complexity index is 914. The second kappa shape index (κ2) is 4.91. The predicted molar refractivity (Wildman–Crippen MR) is 89.0 cm³/mol. The molecule has 4 aromatic rings. The summed E-state index contributed by atoms with van der Waals surface area (Å²) < 4.78 is 0. The minimum atomic E-state index is 1.01. The lowest BCUT2D eigenvalue weighted by Crippen LogP contribution is -1.92. The molecule has 1 heterocycles. The highest BCUT2D eigenvalue weighted by molar-refractivity contribution is 6.02. The van der Waals surface area contributed by atoms with Crippen LogP contribution in [0.3, 0.4) is 0 Å². The standard InChI is InChI=1S/C19H14N2/c1-2-8-16(9-3-1)21-18-10-11-20-19-13-15-7-5-4-6-14(15)12-17(18)19/h1-13H,(H,20,21). The number of para-hydroxylation sites is 1. The normalized spacial score (nSPS) is 10.9. The van der Waals surface area contributed by atoms with Crippen LogP contribution in [-0.4, -0.2) is 4.98 Å². The zero-order valence-corrected chi connectivity index (χ0v) is 11.5. The zero-order valence-electron chi connectivity index (χ0n) is 11.5. The third-order valence-corrected chi connectivity index (χ3v) is 3.66. The Labute approximate surface area is 123 Å². The zero-order chi connectivity index (χ0) is 14.1. The SMILES string of the molecule is c1ccc(Nc2ccnc3cc4ccccc4cc23)cc1. The average Bonchev–Trinajstić information content (AvgIpc) is 2.54. The van der Waals surface area contributed by atoms with Crippen molar-refractivity contribution in [1.82, 2.24) is 4.98 Å². The van der Waals surface area contributed by atoms with Gasteiger partial charge in [0.2, 0.25) is 0 Å². The fourth-order valence-corrected chi connectivity index (χ4v) is 2.62. The van der Waals surface area contributed by atoms with Crippen LogP contribution in [0.1, 0.15) is 0 Å². The van der Waals surface area contributed by atoms with Gasteiger partial charge in [0, 0.05) is 23.0 Å². The third-order valence-electron chi connectivity index (χ3n) is 3.66. The van der Waals surface area contributed by atoms with Crippen molar-refractivity contribution in [2.45, 2.75) is 0 Å². The van der Waals surface area contributed by atoms with E-state index in [-0.39, 0.29) is 0 Å². The molecule has 0 bridgehead atoms. The van der Waals surface area contributed by atoms with Crippen LogP contribution in [0.25, 0.3) is 21.7 Å². The lowest BCUT2D eigenvalue weighted by molar-refractivity contribution is 1.41. The van der Waals surface area contributed by atoms with Crippen molar-refractivity contribution in [3.63, 3.8) is 0 Å². The van der Waals surface area contributed by atoms with Gasteiger partial charge in [-0.1, -0.05) is 42.5 Å². The summed E-state index contributed by atoms with van der Waals surface area (Å²) in [5.41, 5.74) is 3.17. The molecular formula is C19H14N2. The van der Waals surface area contributed by atoms with E-state index in [9.17, 15) is 0 Å². The highest BCUT2D eigenvalue weighted by atomic mass is 14.9. The molecule has 0 amide bonds. The number of hydrogen-bond acceptors (Lipinski definition) is 2. The van der Waals surface area contributed by atoms with Gasteiger partial charge in [-0.3, -0.25) is 4.98 Å². The van der Waals surface area contributed by atoms with Crippen LogP contribution in [-0.2, 0) is 0 Å². The Morgan fingerprint density at radius 1 is 0.714 bits per heavy atom. The molecule has 1 aromatic heterocycles. The summed E-state index contributed by atoms with van der Waals surface area (Å²) in [6, 6.07) is 24.9. The number of rotatable bonds is 2. The van der Waals surface area contributed by atoms with Crippen LogP contribution in [0.15, 0.2) is 79.0 Å². The largest absolute Gasteiger partial charge is 0.355 e. The minimum absolute atomic E-state index is 1.01. The van der Waals surface area contributed by atoms with E-state index in [4.69, 9.17) is 0 Å². The van der Waals surface area contributed by atoms with Crippen molar-refractivity contribution < 1.29 is 0 Å². The first-order valence-electron chi connectivity index (χ1n) is 7.00. The first-order valence-corrected chi connectivity index (χ1v) is 7.00. The van der Waals surface area contributed by atoms with Crippen LogP contribution in [0.5, 0.6) is 0 Å². The molecule has 21 heavy (non-hydrogen) atoms. The van der Waals surface area contributed by atoms with E-state index in [1.807, 2.05) is 30.5 Å². The van der Waals surface area contributed by atoms with Gasteiger partial charge in [-0.25, -0.2) is 0 Å². The molecule has 2 heteroatoms. The molecule has 3 aromatic carbocycles. The van der Waals surface area contributed by atoms with E-state index in [1.54, 1.807) is 0 Å². The first-order chi connectivity index (χ1) is 10.4. The van der Waals surface area contributed by atoms with Gasteiger partial charge < -0.3 is 5.32 Å². The molecule has 0 radical (unpaired) electrons. The second-order valence-corrected chi connectivity index (χ2v) is 5.07. The summed E-state index contributed by atoms with van der Waals surface area (Å²) in [7, 11) is 0. The molecule has 4 rings (SSSR count). The summed E-state index contributed by atoms with van der Waals surface area (Å²) >= 11 is 0. The molecule has 0 saturated carbocycles. The smallest absolute Gasteiger partial charge is 0.0729 e. The highest BCUT2D eigenvalue weighted by Crippen LogP contribution is 2.28. The van der Waals surface area contributed by atoms with Gasteiger partial charge in [-0.15, -0.1) is 0 Å². The number of benzene rings is 3. The molecule has 0 fully saturated rings. The quantitative estimate of drug-likeness (QED) is 0.511. The average molecular weight is 270 g/mol. The molecule has 0 aliphatic carbocycles. The molecule has 0 aliphatic heterocycles. The summed E-state index contributed by atoms with van der Waals surface area (Å²) in [6.45, 7) is 0. The van der Waals surface area contributed by atoms with Crippen molar-refractivity contribution in [1.29, 1.82) is 0 Å². The first kappa shape index (κ1) is 11.9. The molecular weight excluding hydrogens is 256 g/mol. The summed E-state index contributed by atoms with van der Waals surface area (Å²) in [6.07, 6.45) is 1.85. The van der Waals surface area contributed by atoms with E-state index in [2.05, 4.69) is 58.8 Å². The fraction of sp³-hybridized carbons (Fsp3) is 0. The van der Waals surface area contributed by atoms with Crippen LogP contribution in [0, 0.1) is 0 Å². The van der Waals surface area contributed by atoms with Crippen molar-refractivity contribution in [3.05, 3.63) is 79.0 Å². The molecule has 2 nitrogen and oxygen atoms in total. The number of hydrogen-bond donors (Lipinski definition) is 1. The van der Waals surface area contributed by atoms with Gasteiger partial charge in [0.25, 0.3) is 0 Å². The number of pyridine rings is 1. The van der Waals surface area contributed by atoms with Gasteiger partial charge in [0.1, 0.15) is 0 Å². The number of aromatic nitrogens is 1. The maximum absolute atomic E-state index is 4.49. The van der Waals surface area contributed by atoms with Gasteiger partial charge in [0.05, 0.1) is 5.52 Å². The number of fused-ring (bicyclic) bond motifs is 2. The summed E-state index contributed by atoms with van der Waals surface area (Å²) in [5, 5.41) is 7.06. The third kappa shape index (κ3) is 2.21. The minimum Gasteiger partial charge on any atom is -0.355 e. The summed E-state index contributed by atoms with van der Waals surface area (Å²) in [4.78, 5) is 4.49. The van der Waals surface area contributed by atoms with E-state index >= 15 is 0 Å². The van der Waals surface area contributed by atoms with Crippen molar-refractivity contribution in [3.8, 4) is 0 Å². The Morgan fingerprint density at radius 3 is 2.24 bits per heavy atom. The lowest BCUT2D eigenvalue weighted by atomic mass is 10.1. The maximum Gasteiger partial charge on any atom is 0.0729 e. The Hall–Kier alpha value is -2.87. The fourth-order valence-electron chi connectivity index (χ4n) is 2.62. The molecule has 100 valence electrons. The number of nitrogens with one attached hydrogen (secondary N) is 1. The predicted octanol–water partition coefficient (Wildman–Crippen LogP) is 5.13. The van der Waals surface area contributed by atoms with Crippen LogP contribution < -0.4 is 5.32 Å². The topological polar surface area (TPSA) is 24.9 Å². The molecule has 0 unspecified atom stereocenters. The van der Waals surface area contributed by atoms with E-state index < -0.39 is 0 Å². The van der Waals surface area contributed by atoms with E-state index in [1.165, 1.54) is 10.8 Å². The van der Waals surface area contributed by atoms with Crippen LogP contribution >= 0.6 is 0 Å². The Morgan fingerprint density at radius 2 is 1.43 bits per heavy atom.